The first-order valence-electron chi connectivity index (χ1n) is 9.85. The van der Waals surface area contributed by atoms with Gasteiger partial charge >= 0.3 is 5.97 Å². The van der Waals surface area contributed by atoms with E-state index in [1.807, 2.05) is 13.8 Å². The van der Waals surface area contributed by atoms with Gasteiger partial charge in [-0.2, -0.15) is 0 Å². The van der Waals surface area contributed by atoms with Crippen molar-refractivity contribution in [1.82, 2.24) is 9.97 Å². The molecule has 0 fully saturated rings. The molecule has 2 atom stereocenters. The molecule has 32 heavy (non-hydrogen) atoms. The second-order valence-corrected chi connectivity index (χ2v) is 8.90. The number of carbonyl (C=O) groups excluding carboxylic acids is 1. The minimum absolute atomic E-state index is 0.0954. The molecule has 1 heterocycles. The highest BCUT2D eigenvalue weighted by Crippen LogP contribution is 2.31. The molecule has 0 aliphatic carbocycles. The van der Waals surface area contributed by atoms with Crippen LogP contribution in [0.15, 0.2) is 30.3 Å². The van der Waals surface area contributed by atoms with Crippen LogP contribution in [0.4, 0.5) is 10.3 Å². The Morgan fingerprint density at radius 1 is 1.19 bits per heavy atom. The molecule has 8 nitrogen and oxygen atoms in total. The van der Waals surface area contributed by atoms with Crippen LogP contribution in [-0.2, 0) is 20.6 Å². The summed E-state index contributed by atoms with van der Waals surface area (Å²) in [6.07, 6.45) is 2.07. The van der Waals surface area contributed by atoms with Crippen LogP contribution in [0.3, 0.4) is 0 Å². The van der Waals surface area contributed by atoms with Crippen molar-refractivity contribution in [2.75, 3.05) is 17.6 Å². The molecule has 0 amide bonds. The van der Waals surface area contributed by atoms with Crippen LogP contribution in [0.5, 0.6) is 0 Å². The summed E-state index contributed by atoms with van der Waals surface area (Å²) in [7, 11) is 0.210. The number of anilines is 1. The van der Waals surface area contributed by atoms with Crippen molar-refractivity contribution in [1.29, 1.82) is 0 Å². The molecule has 0 bridgehead atoms. The van der Waals surface area contributed by atoms with Crippen molar-refractivity contribution in [3.05, 3.63) is 47.4 Å². The molecular formula is C22H26FN3O5S. The summed E-state index contributed by atoms with van der Waals surface area (Å²) in [6.45, 7) is 3.80. The van der Waals surface area contributed by atoms with Gasteiger partial charge in [0.15, 0.2) is 5.78 Å². The molecule has 0 aliphatic heterocycles. The third-order valence-electron chi connectivity index (χ3n) is 4.58. The fourth-order valence-corrected chi connectivity index (χ4v) is 3.22. The minimum atomic E-state index is -1.38. The highest BCUT2D eigenvalue weighted by atomic mass is 32.2. The van der Waals surface area contributed by atoms with E-state index in [0.29, 0.717) is 22.5 Å². The summed E-state index contributed by atoms with van der Waals surface area (Å²) in [5.41, 5.74) is 2.10. The number of nitrogens with zero attached hydrogens (tertiary/aromatic N) is 3. The van der Waals surface area contributed by atoms with E-state index in [2.05, 4.69) is 9.97 Å². The number of aliphatic hydroxyl groups is 1. The van der Waals surface area contributed by atoms with Crippen molar-refractivity contribution >= 4 is 34.8 Å². The van der Waals surface area contributed by atoms with Gasteiger partial charge in [0.1, 0.15) is 16.8 Å². The first kappa shape index (κ1) is 25.3. The van der Waals surface area contributed by atoms with E-state index in [9.17, 15) is 23.3 Å². The van der Waals surface area contributed by atoms with E-state index in [-0.39, 0.29) is 18.3 Å². The molecule has 2 N–H and O–H groups in total. The second-order valence-electron chi connectivity index (χ2n) is 7.51. The van der Waals surface area contributed by atoms with Gasteiger partial charge in [-0.1, -0.05) is 13.8 Å². The van der Waals surface area contributed by atoms with E-state index in [0.717, 1.165) is 0 Å². The lowest BCUT2D eigenvalue weighted by Crippen LogP contribution is -2.22. The van der Waals surface area contributed by atoms with Crippen LogP contribution in [0, 0.1) is 5.82 Å². The molecule has 2 rings (SSSR count). The van der Waals surface area contributed by atoms with Crippen LogP contribution in [-0.4, -0.2) is 55.5 Å². The lowest BCUT2D eigenvalue weighted by molar-refractivity contribution is -0.139. The minimum Gasteiger partial charge on any atom is -0.481 e. The Hall–Kier alpha value is -2.98. The standard InChI is InChI=1S/C22H26FN3O5S/c1-13(2)20-18(10-9-16(27)11-17(28)12-19(29)30)21(14-5-7-15(23)8-6-14)25-22(24-20)26(3)32(4)31/h5-10,13,17,28H,11-12H2,1-4H3,(H,29,30)/b10-9+. The van der Waals surface area contributed by atoms with Gasteiger partial charge in [0, 0.05) is 30.9 Å². The van der Waals surface area contributed by atoms with E-state index in [4.69, 9.17) is 5.11 Å². The van der Waals surface area contributed by atoms with Crippen molar-refractivity contribution < 1.29 is 28.4 Å². The number of aliphatic carboxylic acids is 1. The number of halogens is 1. The number of hydrogen-bond acceptors (Lipinski definition) is 6. The summed E-state index contributed by atoms with van der Waals surface area (Å²) in [6, 6.07) is 5.66. The molecule has 0 radical (unpaired) electrons. The fraction of sp³-hybridized carbons (Fsp3) is 0.364. The lowest BCUT2D eigenvalue weighted by Gasteiger charge is -2.20. The average molecular weight is 464 g/mol. The average Bonchev–Trinajstić information content (AvgIpc) is 2.70. The predicted octanol–water partition coefficient (Wildman–Crippen LogP) is 2.94. The van der Waals surface area contributed by atoms with Crippen LogP contribution in [0.25, 0.3) is 17.3 Å². The van der Waals surface area contributed by atoms with E-state index in [1.165, 1.54) is 34.8 Å². The SMILES string of the molecule is CC(C)c1nc(N(C)S(C)=O)nc(-c2ccc(F)cc2)c1/C=C/C(=O)CC(O)CC(=O)O. The zero-order valence-corrected chi connectivity index (χ0v) is 19.1. The largest absolute Gasteiger partial charge is 0.481 e. The molecule has 172 valence electrons. The maximum atomic E-state index is 13.5. The van der Waals surface area contributed by atoms with Gasteiger partial charge in [-0.3, -0.25) is 13.9 Å². The Balaban J connectivity index is 2.58. The monoisotopic (exact) mass is 463 g/mol. The Bertz CT molecular complexity index is 1040. The highest BCUT2D eigenvalue weighted by Gasteiger charge is 2.20. The number of hydrogen-bond donors (Lipinski definition) is 2. The number of aromatic nitrogens is 2. The Kier molecular flexibility index (Phi) is 8.73. The van der Waals surface area contributed by atoms with Crippen molar-refractivity contribution in [2.24, 2.45) is 0 Å². The predicted molar refractivity (Wildman–Crippen MR) is 121 cm³/mol. The Morgan fingerprint density at radius 3 is 2.34 bits per heavy atom. The van der Waals surface area contributed by atoms with Crippen LogP contribution in [0.1, 0.15) is 43.9 Å². The molecule has 1 aromatic heterocycles. The Labute approximate surface area is 188 Å². The Morgan fingerprint density at radius 2 is 1.81 bits per heavy atom. The molecule has 0 saturated carbocycles. The molecule has 0 spiro atoms. The third kappa shape index (κ3) is 6.76. The zero-order valence-electron chi connectivity index (χ0n) is 18.3. The van der Waals surface area contributed by atoms with E-state index < -0.39 is 41.1 Å². The number of ketones is 1. The van der Waals surface area contributed by atoms with Gasteiger partial charge < -0.3 is 10.2 Å². The number of carbonyl (C=O) groups is 2. The highest BCUT2D eigenvalue weighted by molar-refractivity contribution is 7.85. The third-order valence-corrected chi connectivity index (χ3v) is 5.51. The number of rotatable bonds is 10. The molecule has 0 aliphatic rings. The smallest absolute Gasteiger partial charge is 0.305 e. The number of carboxylic acids is 1. The van der Waals surface area contributed by atoms with Crippen molar-refractivity contribution in [3.8, 4) is 11.3 Å². The lowest BCUT2D eigenvalue weighted by atomic mass is 9.97. The fourth-order valence-electron chi connectivity index (χ4n) is 2.91. The summed E-state index contributed by atoms with van der Waals surface area (Å²) in [5, 5.41) is 18.4. The van der Waals surface area contributed by atoms with Crippen LogP contribution >= 0.6 is 0 Å². The first-order chi connectivity index (χ1) is 15.0. The number of aliphatic hydroxyl groups excluding tert-OH is 1. The van der Waals surface area contributed by atoms with Gasteiger partial charge in [-0.15, -0.1) is 0 Å². The number of allylic oxidation sites excluding steroid dienone is 1. The maximum absolute atomic E-state index is 13.5. The summed E-state index contributed by atoms with van der Waals surface area (Å²) >= 11 is 0. The molecule has 1 aromatic carbocycles. The summed E-state index contributed by atoms with van der Waals surface area (Å²) in [4.78, 5) is 32.0. The van der Waals surface area contributed by atoms with Crippen LogP contribution in [0.2, 0.25) is 0 Å². The summed E-state index contributed by atoms with van der Waals surface area (Å²) < 4.78 is 26.9. The molecule has 0 saturated heterocycles. The van der Waals surface area contributed by atoms with Crippen molar-refractivity contribution in [3.63, 3.8) is 0 Å². The topological polar surface area (TPSA) is 121 Å². The number of benzene rings is 1. The first-order valence-corrected chi connectivity index (χ1v) is 11.4. The van der Waals surface area contributed by atoms with Gasteiger partial charge in [0.05, 0.1) is 23.9 Å². The molecular weight excluding hydrogens is 437 g/mol. The zero-order chi connectivity index (χ0) is 24.0. The van der Waals surface area contributed by atoms with E-state index in [1.54, 1.807) is 19.2 Å². The summed E-state index contributed by atoms with van der Waals surface area (Å²) in [5.74, 6) is -1.96. The van der Waals surface area contributed by atoms with E-state index >= 15 is 0 Å². The normalized spacial score (nSPS) is 13.3. The van der Waals surface area contributed by atoms with Crippen molar-refractivity contribution in [2.45, 2.75) is 38.7 Å². The quantitative estimate of drug-likeness (QED) is 0.520. The van der Waals surface area contributed by atoms with Gasteiger partial charge in [0.2, 0.25) is 5.95 Å². The van der Waals surface area contributed by atoms with Gasteiger partial charge in [-0.05, 0) is 42.3 Å². The molecule has 2 aromatic rings. The van der Waals surface area contributed by atoms with Crippen LogP contribution < -0.4 is 4.31 Å². The van der Waals surface area contributed by atoms with Gasteiger partial charge in [-0.25, -0.2) is 18.6 Å². The second kappa shape index (κ2) is 11.1. The number of carboxylic acid groups (broad SMARTS) is 1. The maximum Gasteiger partial charge on any atom is 0.305 e. The molecule has 2 unspecified atom stereocenters. The molecule has 10 heteroatoms. The van der Waals surface area contributed by atoms with Gasteiger partial charge in [0.25, 0.3) is 0 Å².